The van der Waals surface area contributed by atoms with Gasteiger partial charge in [0.1, 0.15) is 0 Å². The Kier molecular flexibility index (Phi) is 3.48. The molecule has 0 amide bonds. The van der Waals surface area contributed by atoms with Gasteiger partial charge in [-0.05, 0) is 22.0 Å². The minimum absolute atomic E-state index is 0.0777. The Labute approximate surface area is 101 Å². The predicted octanol–water partition coefficient (Wildman–Crippen LogP) is 2.37. The predicted molar refractivity (Wildman–Crippen MR) is 58.3 cm³/mol. The molecular weight excluding hydrogens is 358 g/mol. The molecule has 0 fully saturated rings. The Balaban J connectivity index is 3.70. The highest BCUT2D eigenvalue weighted by Gasteiger charge is 2.27. The third-order valence-corrected chi connectivity index (χ3v) is 3.73. The molecule has 0 heterocycles. The normalized spacial score (nSPS) is 11.4. The van der Waals surface area contributed by atoms with Crippen LogP contribution in [0.25, 0.3) is 0 Å². The van der Waals surface area contributed by atoms with E-state index in [0.717, 1.165) is 6.07 Å². The van der Waals surface area contributed by atoms with Crippen molar-refractivity contribution in [3.05, 3.63) is 31.2 Å². The first-order chi connectivity index (χ1) is 6.73. The van der Waals surface area contributed by atoms with E-state index < -0.39 is 25.6 Å². The second-order valence-corrected chi connectivity index (χ2v) is 5.60. The summed E-state index contributed by atoms with van der Waals surface area (Å²) in [5.41, 5.74) is -0.696. The zero-order chi connectivity index (χ0) is 11.8. The van der Waals surface area contributed by atoms with E-state index in [4.69, 9.17) is 4.55 Å². The van der Waals surface area contributed by atoms with Crippen LogP contribution in [-0.2, 0) is 10.1 Å². The lowest BCUT2D eigenvalue weighted by atomic mass is 10.3. The molecule has 0 atom stereocenters. The number of halogens is 2. The summed E-state index contributed by atoms with van der Waals surface area (Å²) >= 11 is 5.80. The number of hydrogen-bond donors (Lipinski definition) is 1. The van der Waals surface area contributed by atoms with Crippen molar-refractivity contribution in [2.45, 2.75) is 4.90 Å². The van der Waals surface area contributed by atoms with Crippen molar-refractivity contribution in [3.8, 4) is 0 Å². The number of nitro groups is 1. The SMILES string of the molecule is O=[N+]([O-])c1cc(Br)cc(Br)c1S(=O)(=O)O. The Morgan fingerprint density at radius 1 is 1.33 bits per heavy atom. The van der Waals surface area contributed by atoms with Crippen molar-refractivity contribution >= 4 is 47.7 Å². The summed E-state index contributed by atoms with van der Waals surface area (Å²) in [5.74, 6) is 0. The molecule has 0 aliphatic carbocycles. The van der Waals surface area contributed by atoms with Crippen molar-refractivity contribution in [1.29, 1.82) is 0 Å². The summed E-state index contributed by atoms with van der Waals surface area (Å²) in [6.45, 7) is 0. The fraction of sp³-hybridized carbons (Fsp3) is 0. The van der Waals surface area contributed by atoms with E-state index in [2.05, 4.69) is 31.9 Å². The van der Waals surface area contributed by atoms with E-state index in [1.165, 1.54) is 6.07 Å². The third kappa shape index (κ3) is 2.74. The smallest absolute Gasteiger partial charge is 0.282 e. The summed E-state index contributed by atoms with van der Waals surface area (Å²) < 4.78 is 30.9. The molecule has 0 saturated heterocycles. The summed E-state index contributed by atoms with van der Waals surface area (Å²) in [6, 6.07) is 2.28. The standard InChI is InChI=1S/C6H3Br2NO5S/c7-3-1-4(8)6(15(12,13)14)5(2-3)9(10)11/h1-2H,(H,12,13,14). The fourth-order valence-electron chi connectivity index (χ4n) is 0.938. The van der Waals surface area contributed by atoms with Crippen molar-refractivity contribution in [1.82, 2.24) is 0 Å². The lowest BCUT2D eigenvalue weighted by Crippen LogP contribution is -2.04. The van der Waals surface area contributed by atoms with Crippen molar-refractivity contribution < 1.29 is 17.9 Å². The highest BCUT2D eigenvalue weighted by atomic mass is 79.9. The molecule has 1 aromatic carbocycles. The quantitative estimate of drug-likeness (QED) is 0.496. The van der Waals surface area contributed by atoms with Gasteiger partial charge in [0.15, 0.2) is 4.90 Å². The Morgan fingerprint density at radius 3 is 2.27 bits per heavy atom. The molecule has 0 spiro atoms. The van der Waals surface area contributed by atoms with Crippen LogP contribution in [0.1, 0.15) is 0 Å². The molecule has 0 bridgehead atoms. The zero-order valence-electron chi connectivity index (χ0n) is 6.85. The van der Waals surface area contributed by atoms with Crippen LogP contribution in [0.3, 0.4) is 0 Å². The number of nitrogens with zero attached hydrogens (tertiary/aromatic N) is 1. The molecule has 1 rings (SSSR count). The molecule has 6 nitrogen and oxygen atoms in total. The van der Waals surface area contributed by atoms with E-state index in [0.29, 0.717) is 4.47 Å². The molecule has 1 aromatic rings. The van der Waals surface area contributed by atoms with E-state index >= 15 is 0 Å². The fourth-order valence-corrected chi connectivity index (χ4v) is 3.46. The first kappa shape index (κ1) is 12.6. The first-order valence-corrected chi connectivity index (χ1v) is 6.37. The van der Waals surface area contributed by atoms with Gasteiger partial charge < -0.3 is 0 Å². The Morgan fingerprint density at radius 2 is 1.87 bits per heavy atom. The molecule has 1 N–H and O–H groups in total. The Bertz CT molecular complexity index is 527. The monoisotopic (exact) mass is 359 g/mol. The molecule has 0 aromatic heterocycles. The maximum atomic E-state index is 10.9. The van der Waals surface area contributed by atoms with Crippen LogP contribution in [0.2, 0.25) is 0 Å². The summed E-state index contributed by atoms with van der Waals surface area (Å²) in [6.07, 6.45) is 0. The zero-order valence-corrected chi connectivity index (χ0v) is 10.8. The average molecular weight is 361 g/mol. The summed E-state index contributed by atoms with van der Waals surface area (Å²) in [7, 11) is -4.64. The van der Waals surface area contributed by atoms with E-state index in [1.54, 1.807) is 0 Å². The molecule has 0 aliphatic heterocycles. The van der Waals surface area contributed by atoms with E-state index in [-0.39, 0.29) is 4.47 Å². The van der Waals surface area contributed by atoms with Crippen molar-refractivity contribution in [3.63, 3.8) is 0 Å². The van der Waals surface area contributed by atoms with Gasteiger partial charge in [0.2, 0.25) is 0 Å². The van der Waals surface area contributed by atoms with Gasteiger partial charge in [0, 0.05) is 15.0 Å². The van der Waals surface area contributed by atoms with E-state index in [9.17, 15) is 18.5 Å². The average Bonchev–Trinajstić information content (AvgIpc) is 1.99. The molecule has 0 unspecified atom stereocenters. The second kappa shape index (κ2) is 4.16. The van der Waals surface area contributed by atoms with Gasteiger partial charge in [0.25, 0.3) is 5.69 Å². The second-order valence-electron chi connectivity index (χ2n) is 2.47. The highest BCUT2D eigenvalue weighted by molar-refractivity contribution is 9.11. The van der Waals surface area contributed by atoms with Gasteiger partial charge in [-0.3, -0.25) is 14.7 Å². The molecule has 0 radical (unpaired) electrons. The summed E-state index contributed by atoms with van der Waals surface area (Å²) in [4.78, 5) is 8.92. The highest BCUT2D eigenvalue weighted by Crippen LogP contribution is 2.34. The van der Waals surface area contributed by atoms with Crippen LogP contribution >= 0.6 is 31.9 Å². The lowest BCUT2D eigenvalue weighted by molar-refractivity contribution is -0.388. The number of nitro benzene ring substituents is 1. The lowest BCUT2D eigenvalue weighted by Gasteiger charge is -2.02. The molecule has 0 saturated carbocycles. The maximum Gasteiger partial charge on any atom is 0.302 e. The van der Waals surface area contributed by atoms with E-state index in [1.807, 2.05) is 0 Å². The summed E-state index contributed by atoms with van der Waals surface area (Å²) in [5, 5.41) is 10.6. The van der Waals surface area contributed by atoms with Gasteiger partial charge in [-0.25, -0.2) is 0 Å². The van der Waals surface area contributed by atoms with Gasteiger partial charge in [-0.2, -0.15) is 8.42 Å². The van der Waals surface area contributed by atoms with Crippen molar-refractivity contribution in [2.75, 3.05) is 0 Å². The first-order valence-electron chi connectivity index (χ1n) is 3.34. The van der Waals surface area contributed by atoms with Gasteiger partial charge in [-0.1, -0.05) is 15.9 Å². The molecule has 82 valence electrons. The van der Waals surface area contributed by atoms with Crippen LogP contribution < -0.4 is 0 Å². The van der Waals surface area contributed by atoms with Crippen LogP contribution in [0, 0.1) is 10.1 Å². The molecule has 9 heteroatoms. The molecule has 0 aliphatic rings. The Hall–Kier alpha value is -0.510. The topological polar surface area (TPSA) is 97.5 Å². The van der Waals surface area contributed by atoms with Crippen LogP contribution in [-0.4, -0.2) is 17.9 Å². The maximum absolute atomic E-state index is 10.9. The molecule has 15 heavy (non-hydrogen) atoms. The van der Waals surface area contributed by atoms with Crippen LogP contribution in [0.15, 0.2) is 26.0 Å². The van der Waals surface area contributed by atoms with Gasteiger partial charge >= 0.3 is 10.1 Å². The van der Waals surface area contributed by atoms with Crippen LogP contribution in [0.4, 0.5) is 5.69 Å². The third-order valence-electron chi connectivity index (χ3n) is 1.44. The molecular formula is C6H3Br2NO5S. The van der Waals surface area contributed by atoms with Crippen molar-refractivity contribution in [2.24, 2.45) is 0 Å². The minimum atomic E-state index is -4.64. The largest absolute Gasteiger partial charge is 0.302 e. The number of benzene rings is 1. The van der Waals surface area contributed by atoms with Gasteiger partial charge in [0.05, 0.1) is 4.92 Å². The van der Waals surface area contributed by atoms with Crippen LogP contribution in [0.5, 0.6) is 0 Å². The minimum Gasteiger partial charge on any atom is -0.282 e. The number of rotatable bonds is 2. The number of hydrogen-bond acceptors (Lipinski definition) is 4. The van der Waals surface area contributed by atoms with Gasteiger partial charge in [-0.15, -0.1) is 0 Å².